The zero-order chi connectivity index (χ0) is 23.5. The summed E-state index contributed by atoms with van der Waals surface area (Å²) in [7, 11) is 2.17. The summed E-state index contributed by atoms with van der Waals surface area (Å²) in [6.07, 6.45) is 3.97. The largest absolute Gasteiger partial charge is 0.348 e. The number of halogens is 1. The number of hydrogen-bond donors (Lipinski definition) is 1. The van der Waals surface area contributed by atoms with E-state index in [4.69, 9.17) is 9.97 Å². The highest BCUT2D eigenvalue weighted by atomic mass is 32.1. The van der Waals surface area contributed by atoms with Crippen LogP contribution in [0.3, 0.4) is 0 Å². The van der Waals surface area contributed by atoms with Crippen LogP contribution in [0.1, 0.15) is 42.3 Å². The maximum Gasteiger partial charge on any atom is 0.223 e. The van der Waals surface area contributed by atoms with Crippen LogP contribution >= 0.6 is 11.3 Å². The molecule has 1 atom stereocenters. The summed E-state index contributed by atoms with van der Waals surface area (Å²) < 4.78 is 13.6. The fourth-order valence-corrected chi connectivity index (χ4v) is 5.54. The van der Waals surface area contributed by atoms with Crippen LogP contribution in [0.4, 0.5) is 10.3 Å². The molecule has 0 saturated carbocycles. The van der Waals surface area contributed by atoms with E-state index in [2.05, 4.69) is 41.3 Å². The van der Waals surface area contributed by atoms with Gasteiger partial charge in [-0.2, -0.15) is 0 Å². The predicted octanol–water partition coefficient (Wildman–Crippen LogP) is 6.39. The molecule has 2 aromatic heterocycles. The minimum absolute atomic E-state index is 0.0734. The summed E-state index contributed by atoms with van der Waals surface area (Å²) in [5.41, 5.74) is 3.76. The summed E-state index contributed by atoms with van der Waals surface area (Å²) in [4.78, 5) is 17.7. The molecule has 174 valence electrons. The number of likely N-dealkylation sites (tertiary alicyclic amines) is 1. The van der Waals surface area contributed by atoms with Gasteiger partial charge in [0.25, 0.3) is 0 Å². The molecule has 5 nitrogen and oxygen atoms in total. The van der Waals surface area contributed by atoms with Crippen molar-refractivity contribution in [3.63, 3.8) is 0 Å². The quantitative estimate of drug-likeness (QED) is 0.352. The molecular formula is C27H28FN5S. The maximum atomic E-state index is 13.6. The van der Waals surface area contributed by atoms with Gasteiger partial charge in [0.2, 0.25) is 5.95 Å². The molecule has 0 bridgehead atoms. The summed E-state index contributed by atoms with van der Waals surface area (Å²) >= 11 is 1.70. The van der Waals surface area contributed by atoms with E-state index in [1.807, 2.05) is 24.3 Å². The number of benzene rings is 2. The number of rotatable bonds is 6. The van der Waals surface area contributed by atoms with Crippen molar-refractivity contribution >= 4 is 17.3 Å². The van der Waals surface area contributed by atoms with Crippen LogP contribution in [0.5, 0.6) is 0 Å². The van der Waals surface area contributed by atoms with Crippen LogP contribution in [0.2, 0.25) is 0 Å². The summed E-state index contributed by atoms with van der Waals surface area (Å²) in [6.45, 7) is 4.25. The summed E-state index contributed by atoms with van der Waals surface area (Å²) in [5, 5.41) is 4.55. The van der Waals surface area contributed by atoms with Crippen molar-refractivity contribution in [2.45, 2.75) is 31.7 Å². The predicted molar refractivity (Wildman–Crippen MR) is 136 cm³/mol. The highest BCUT2D eigenvalue weighted by molar-refractivity contribution is 7.15. The van der Waals surface area contributed by atoms with E-state index >= 15 is 0 Å². The lowest BCUT2D eigenvalue weighted by Crippen LogP contribution is -2.29. The Balaban J connectivity index is 1.49. The van der Waals surface area contributed by atoms with E-state index in [-0.39, 0.29) is 11.9 Å². The molecule has 5 rings (SSSR count). The lowest BCUT2D eigenvalue weighted by Gasteiger charge is -2.27. The van der Waals surface area contributed by atoms with Crippen LogP contribution in [0.25, 0.3) is 21.8 Å². The van der Waals surface area contributed by atoms with Gasteiger partial charge in [-0.25, -0.2) is 19.3 Å². The van der Waals surface area contributed by atoms with E-state index < -0.39 is 0 Å². The van der Waals surface area contributed by atoms with E-state index in [0.717, 1.165) is 52.8 Å². The molecule has 2 aromatic carbocycles. The minimum atomic E-state index is -0.250. The Kier molecular flexibility index (Phi) is 6.65. The third-order valence-corrected chi connectivity index (χ3v) is 7.60. The number of thiazole rings is 1. The Morgan fingerprint density at radius 1 is 1.00 bits per heavy atom. The van der Waals surface area contributed by atoms with Gasteiger partial charge >= 0.3 is 0 Å². The molecule has 0 aliphatic carbocycles. The van der Waals surface area contributed by atoms with Crippen LogP contribution < -0.4 is 5.32 Å². The topological polar surface area (TPSA) is 53.9 Å². The average Bonchev–Trinajstić information content (AvgIpc) is 3.31. The Labute approximate surface area is 203 Å². The van der Waals surface area contributed by atoms with Gasteiger partial charge in [-0.05, 0) is 75.8 Å². The molecule has 0 radical (unpaired) electrons. The van der Waals surface area contributed by atoms with Crippen molar-refractivity contribution in [2.75, 3.05) is 25.5 Å². The number of nitrogens with zero attached hydrogens (tertiary/aromatic N) is 4. The molecular weight excluding hydrogens is 445 g/mol. The van der Waals surface area contributed by atoms with Crippen molar-refractivity contribution in [2.24, 2.45) is 0 Å². The smallest absolute Gasteiger partial charge is 0.223 e. The molecule has 0 unspecified atom stereocenters. The Morgan fingerprint density at radius 3 is 2.47 bits per heavy atom. The molecule has 7 heteroatoms. The van der Waals surface area contributed by atoms with Gasteiger partial charge in [0.05, 0.1) is 27.3 Å². The van der Waals surface area contributed by atoms with Crippen LogP contribution in [0, 0.1) is 5.82 Å². The second-order valence-electron chi connectivity index (χ2n) is 8.86. The first-order valence-electron chi connectivity index (χ1n) is 11.7. The molecule has 1 fully saturated rings. The van der Waals surface area contributed by atoms with Gasteiger partial charge in [0.1, 0.15) is 5.82 Å². The second kappa shape index (κ2) is 9.99. The van der Waals surface area contributed by atoms with Gasteiger partial charge in [-0.3, -0.25) is 0 Å². The minimum Gasteiger partial charge on any atom is -0.348 e. The van der Waals surface area contributed by atoms with Gasteiger partial charge in [-0.15, -0.1) is 11.3 Å². The molecule has 1 aliphatic heterocycles. The van der Waals surface area contributed by atoms with Gasteiger partial charge < -0.3 is 10.2 Å². The lowest BCUT2D eigenvalue weighted by atomic mass is 9.98. The Hall–Kier alpha value is -3.16. The zero-order valence-electron chi connectivity index (χ0n) is 19.4. The van der Waals surface area contributed by atoms with Gasteiger partial charge in [0, 0.05) is 17.7 Å². The average molecular weight is 474 g/mol. The lowest BCUT2D eigenvalue weighted by molar-refractivity contribution is 0.255. The molecule has 4 aromatic rings. The van der Waals surface area contributed by atoms with Crippen molar-refractivity contribution in [3.8, 4) is 21.8 Å². The number of anilines is 1. The fraction of sp³-hybridized carbons (Fsp3) is 0.296. The zero-order valence-corrected chi connectivity index (χ0v) is 20.2. The van der Waals surface area contributed by atoms with Crippen LogP contribution in [0.15, 0.2) is 66.9 Å². The number of aromatic nitrogens is 3. The summed E-state index contributed by atoms with van der Waals surface area (Å²) in [5.74, 6) is 0.763. The number of piperidine rings is 1. The highest BCUT2D eigenvalue weighted by Crippen LogP contribution is 2.41. The standard InChI is InChI=1S/C27H28FN5S/c1-18(19-6-4-3-5-7-19)30-27-29-15-12-23(31-27)25-24(20-8-10-22(28)11-9-20)32-26(34-25)21-13-16-33(2)17-14-21/h3-12,15,18,21H,13-14,16-17H2,1-2H3,(H,29,30,31)/t18-/m0/s1. The molecule has 1 saturated heterocycles. The number of hydrogen-bond acceptors (Lipinski definition) is 6. The first kappa shape index (κ1) is 22.6. The normalized spacial score (nSPS) is 15.9. The monoisotopic (exact) mass is 473 g/mol. The van der Waals surface area contributed by atoms with Crippen molar-refractivity contribution in [1.29, 1.82) is 0 Å². The molecule has 0 amide bonds. The fourth-order valence-electron chi connectivity index (χ4n) is 4.32. The molecule has 1 aliphatic rings. The number of nitrogens with one attached hydrogen (secondary N) is 1. The van der Waals surface area contributed by atoms with Gasteiger partial charge in [-0.1, -0.05) is 30.3 Å². The van der Waals surface area contributed by atoms with E-state index in [9.17, 15) is 4.39 Å². The van der Waals surface area contributed by atoms with Crippen molar-refractivity contribution < 1.29 is 4.39 Å². The highest BCUT2D eigenvalue weighted by Gasteiger charge is 2.25. The molecule has 1 N–H and O–H groups in total. The SMILES string of the molecule is C[C@H](Nc1nccc(-c2sc(C3CCN(C)CC3)nc2-c2ccc(F)cc2)n1)c1ccccc1. The first-order valence-corrected chi connectivity index (χ1v) is 12.5. The molecule has 0 spiro atoms. The first-order chi connectivity index (χ1) is 16.6. The Bertz CT molecular complexity index is 1230. The molecule has 34 heavy (non-hydrogen) atoms. The van der Waals surface area contributed by atoms with Crippen molar-refractivity contribution in [1.82, 2.24) is 19.9 Å². The second-order valence-corrected chi connectivity index (χ2v) is 9.89. The third-order valence-electron chi connectivity index (χ3n) is 6.36. The van der Waals surface area contributed by atoms with E-state index in [0.29, 0.717) is 11.9 Å². The van der Waals surface area contributed by atoms with Crippen LogP contribution in [-0.4, -0.2) is 40.0 Å². The van der Waals surface area contributed by atoms with Gasteiger partial charge in [0.15, 0.2) is 0 Å². The Morgan fingerprint density at radius 2 is 1.74 bits per heavy atom. The summed E-state index contributed by atoms with van der Waals surface area (Å²) in [6, 6.07) is 18.8. The van der Waals surface area contributed by atoms with E-state index in [1.54, 1.807) is 29.7 Å². The van der Waals surface area contributed by atoms with Crippen molar-refractivity contribution in [3.05, 3.63) is 83.2 Å². The van der Waals surface area contributed by atoms with E-state index in [1.165, 1.54) is 17.7 Å². The maximum absolute atomic E-state index is 13.6. The van der Waals surface area contributed by atoms with Crippen LogP contribution in [-0.2, 0) is 0 Å². The molecule has 3 heterocycles. The third kappa shape index (κ3) is 5.00.